The van der Waals surface area contributed by atoms with Gasteiger partial charge in [0.1, 0.15) is 5.69 Å². The van der Waals surface area contributed by atoms with Gasteiger partial charge in [-0.2, -0.15) is 0 Å². The predicted octanol–water partition coefficient (Wildman–Crippen LogP) is 4.08. The zero-order valence-electron chi connectivity index (χ0n) is 10.2. The number of hydrogen-bond acceptors (Lipinski definition) is 2. The van der Waals surface area contributed by atoms with Gasteiger partial charge in [0.15, 0.2) is 5.58 Å². The molecule has 0 aliphatic rings. The van der Waals surface area contributed by atoms with Gasteiger partial charge in [0.05, 0.1) is 11.8 Å². The van der Waals surface area contributed by atoms with Crippen LogP contribution in [0.25, 0.3) is 11.1 Å². The number of aryl methyl sites for hydroxylation is 1. The third kappa shape index (κ3) is 2.29. The van der Waals surface area contributed by atoms with Crippen LogP contribution in [0.2, 0.25) is 0 Å². The van der Waals surface area contributed by atoms with Crippen LogP contribution in [0.5, 0.6) is 0 Å². The Labute approximate surface area is 117 Å². The Hall–Kier alpha value is -2.01. The number of aromatic nitrogens is 1. The molecule has 0 atom stereocenters. The summed E-state index contributed by atoms with van der Waals surface area (Å²) in [5, 5.41) is 2.87. The maximum absolute atomic E-state index is 12.1. The van der Waals surface area contributed by atoms with E-state index in [1.807, 2.05) is 25.1 Å². The number of nitrogens with one attached hydrogen (secondary N) is 2. The third-order valence-corrected chi connectivity index (χ3v) is 3.41. The molecular formula is C14H11BrN2O2. The Morgan fingerprint density at radius 3 is 2.89 bits per heavy atom. The van der Waals surface area contributed by atoms with Crippen molar-refractivity contribution in [3.8, 4) is 0 Å². The normalized spacial score (nSPS) is 10.8. The van der Waals surface area contributed by atoms with E-state index in [0.29, 0.717) is 11.3 Å². The van der Waals surface area contributed by atoms with Gasteiger partial charge in [-0.1, -0.05) is 15.9 Å². The molecule has 96 valence electrons. The minimum atomic E-state index is -0.183. The first-order valence-electron chi connectivity index (χ1n) is 5.77. The lowest BCUT2D eigenvalue weighted by Crippen LogP contribution is -2.13. The summed E-state index contributed by atoms with van der Waals surface area (Å²) in [5.41, 5.74) is 3.77. The first kappa shape index (κ1) is 12.0. The highest BCUT2D eigenvalue weighted by Crippen LogP contribution is 2.21. The van der Waals surface area contributed by atoms with Crippen molar-refractivity contribution in [1.82, 2.24) is 4.98 Å². The van der Waals surface area contributed by atoms with Crippen LogP contribution >= 0.6 is 15.9 Å². The van der Waals surface area contributed by atoms with Crippen molar-refractivity contribution in [1.29, 1.82) is 0 Å². The van der Waals surface area contributed by atoms with Crippen molar-refractivity contribution in [3.63, 3.8) is 0 Å². The number of anilines is 1. The topological polar surface area (TPSA) is 58.0 Å². The lowest BCUT2D eigenvalue weighted by atomic mass is 10.2. The van der Waals surface area contributed by atoms with Gasteiger partial charge in [-0.3, -0.25) is 4.79 Å². The van der Waals surface area contributed by atoms with Gasteiger partial charge in [-0.25, -0.2) is 0 Å². The van der Waals surface area contributed by atoms with E-state index in [1.54, 1.807) is 18.4 Å². The fraction of sp³-hybridized carbons (Fsp3) is 0.0714. The van der Waals surface area contributed by atoms with E-state index >= 15 is 0 Å². The lowest BCUT2D eigenvalue weighted by Gasteiger charge is -2.07. The molecule has 2 aromatic heterocycles. The monoisotopic (exact) mass is 318 g/mol. The van der Waals surface area contributed by atoms with Crippen LogP contribution in [-0.2, 0) is 0 Å². The molecule has 0 aliphatic heterocycles. The number of fused-ring (bicyclic) bond motifs is 1. The van der Waals surface area contributed by atoms with Gasteiger partial charge in [0.2, 0.25) is 0 Å². The van der Waals surface area contributed by atoms with Gasteiger partial charge in [0, 0.05) is 22.3 Å². The predicted molar refractivity (Wildman–Crippen MR) is 77.4 cm³/mol. The molecule has 2 N–H and O–H groups in total. The highest BCUT2D eigenvalue weighted by Gasteiger charge is 2.12. The molecule has 0 saturated heterocycles. The van der Waals surface area contributed by atoms with Crippen LogP contribution in [-0.4, -0.2) is 10.9 Å². The second-order valence-electron chi connectivity index (χ2n) is 4.29. The number of carbonyl (C=O) groups excluding carboxylic acids is 1. The smallest absolute Gasteiger partial charge is 0.272 e. The molecule has 5 heteroatoms. The first-order chi connectivity index (χ1) is 9.13. The van der Waals surface area contributed by atoms with E-state index in [2.05, 4.69) is 26.2 Å². The molecule has 1 amide bonds. The van der Waals surface area contributed by atoms with Crippen LogP contribution in [0.3, 0.4) is 0 Å². The molecule has 19 heavy (non-hydrogen) atoms. The summed E-state index contributed by atoms with van der Waals surface area (Å²) >= 11 is 3.39. The molecule has 0 spiro atoms. The first-order valence-corrected chi connectivity index (χ1v) is 6.56. The number of furan rings is 1. The fourth-order valence-corrected chi connectivity index (χ4v) is 2.40. The standard InChI is InChI=1S/C14H11BrN2O2/c1-8-6-9(15)2-3-10(8)17-14(18)12-7-13-11(16-12)4-5-19-13/h2-7,16H,1H3,(H,17,18). The summed E-state index contributed by atoms with van der Waals surface area (Å²) in [6, 6.07) is 9.19. The summed E-state index contributed by atoms with van der Waals surface area (Å²) in [5.74, 6) is -0.183. The molecule has 0 saturated carbocycles. The largest absolute Gasteiger partial charge is 0.463 e. The molecule has 0 unspecified atom stereocenters. The molecule has 0 bridgehead atoms. The van der Waals surface area contributed by atoms with Crippen molar-refractivity contribution >= 4 is 38.6 Å². The highest BCUT2D eigenvalue weighted by atomic mass is 79.9. The summed E-state index contributed by atoms with van der Waals surface area (Å²) in [4.78, 5) is 15.1. The van der Waals surface area contributed by atoms with E-state index in [0.717, 1.165) is 21.2 Å². The molecule has 2 heterocycles. The van der Waals surface area contributed by atoms with Crippen LogP contribution in [0.15, 0.2) is 45.5 Å². The van der Waals surface area contributed by atoms with Crippen molar-refractivity contribution in [3.05, 3.63) is 52.3 Å². The van der Waals surface area contributed by atoms with Gasteiger partial charge >= 0.3 is 0 Å². The Kier molecular flexibility index (Phi) is 2.91. The molecule has 3 aromatic rings. The number of H-pyrrole nitrogens is 1. The number of halogens is 1. The maximum atomic E-state index is 12.1. The van der Waals surface area contributed by atoms with Gasteiger partial charge in [-0.05, 0) is 30.7 Å². The highest BCUT2D eigenvalue weighted by molar-refractivity contribution is 9.10. The Balaban J connectivity index is 1.86. The Morgan fingerprint density at radius 1 is 1.32 bits per heavy atom. The van der Waals surface area contributed by atoms with E-state index in [9.17, 15) is 4.79 Å². The summed E-state index contributed by atoms with van der Waals surface area (Å²) in [7, 11) is 0. The van der Waals surface area contributed by atoms with Crippen LogP contribution < -0.4 is 5.32 Å². The number of amides is 1. The van der Waals surface area contributed by atoms with E-state index in [-0.39, 0.29) is 5.91 Å². The van der Waals surface area contributed by atoms with Crippen LogP contribution in [0.4, 0.5) is 5.69 Å². The number of aromatic amines is 1. The number of carbonyl (C=O) groups is 1. The molecule has 0 fully saturated rings. The number of hydrogen-bond donors (Lipinski definition) is 2. The number of rotatable bonds is 2. The average Bonchev–Trinajstić information content (AvgIpc) is 2.93. The zero-order valence-corrected chi connectivity index (χ0v) is 11.7. The minimum absolute atomic E-state index is 0.183. The third-order valence-electron chi connectivity index (χ3n) is 2.92. The SMILES string of the molecule is Cc1cc(Br)ccc1NC(=O)c1cc2occc2[nH]1. The van der Waals surface area contributed by atoms with Crippen LogP contribution in [0, 0.1) is 6.92 Å². The second-order valence-corrected chi connectivity index (χ2v) is 5.21. The molecule has 4 nitrogen and oxygen atoms in total. The summed E-state index contributed by atoms with van der Waals surface area (Å²) in [6.45, 7) is 1.95. The van der Waals surface area contributed by atoms with Gasteiger partial charge < -0.3 is 14.7 Å². The van der Waals surface area contributed by atoms with Crippen molar-refractivity contribution in [2.45, 2.75) is 6.92 Å². The second kappa shape index (κ2) is 4.59. The molecule has 3 rings (SSSR count). The van der Waals surface area contributed by atoms with Crippen molar-refractivity contribution < 1.29 is 9.21 Å². The van der Waals surface area contributed by atoms with E-state index in [4.69, 9.17) is 4.42 Å². The van der Waals surface area contributed by atoms with Crippen molar-refractivity contribution in [2.75, 3.05) is 5.32 Å². The summed E-state index contributed by atoms with van der Waals surface area (Å²) in [6.07, 6.45) is 1.59. The summed E-state index contributed by atoms with van der Waals surface area (Å²) < 4.78 is 6.21. The quantitative estimate of drug-likeness (QED) is 0.747. The van der Waals surface area contributed by atoms with E-state index in [1.165, 1.54) is 0 Å². The fourth-order valence-electron chi connectivity index (χ4n) is 1.93. The van der Waals surface area contributed by atoms with Gasteiger partial charge in [0.25, 0.3) is 5.91 Å². The number of benzene rings is 1. The molecule has 0 aliphatic carbocycles. The molecular weight excluding hydrogens is 308 g/mol. The van der Waals surface area contributed by atoms with Crippen molar-refractivity contribution in [2.24, 2.45) is 0 Å². The Morgan fingerprint density at radius 2 is 2.16 bits per heavy atom. The zero-order chi connectivity index (χ0) is 13.4. The molecule has 0 radical (unpaired) electrons. The average molecular weight is 319 g/mol. The maximum Gasteiger partial charge on any atom is 0.272 e. The lowest BCUT2D eigenvalue weighted by molar-refractivity contribution is 0.102. The minimum Gasteiger partial charge on any atom is -0.463 e. The van der Waals surface area contributed by atoms with Crippen LogP contribution in [0.1, 0.15) is 16.1 Å². The molecule has 1 aromatic carbocycles. The Bertz CT molecular complexity index is 729. The van der Waals surface area contributed by atoms with E-state index < -0.39 is 0 Å². The van der Waals surface area contributed by atoms with Gasteiger partial charge in [-0.15, -0.1) is 0 Å².